The maximum Gasteiger partial charge on any atom is 0.205 e. The van der Waals surface area contributed by atoms with Crippen LogP contribution in [0.15, 0.2) is 24.3 Å². The van der Waals surface area contributed by atoms with E-state index in [9.17, 15) is 10.1 Å². The fourth-order valence-corrected chi connectivity index (χ4v) is 4.11. The SMILES string of the molecule is CC(C)Cc1c(C#N)c(N)nc2sc(C(=O)c3ccc(Cl)cc3)c(N)c12. The number of nitriles is 1. The summed E-state index contributed by atoms with van der Waals surface area (Å²) in [6.45, 7) is 4.10. The first kappa shape index (κ1) is 18.2. The zero-order chi connectivity index (χ0) is 19.0. The highest BCUT2D eigenvalue weighted by Crippen LogP contribution is 2.39. The summed E-state index contributed by atoms with van der Waals surface area (Å²) in [6, 6.07) is 8.76. The number of hydrogen-bond acceptors (Lipinski definition) is 6. The van der Waals surface area contributed by atoms with Gasteiger partial charge in [0, 0.05) is 16.0 Å². The molecule has 1 aromatic carbocycles. The first-order valence-corrected chi connectivity index (χ1v) is 9.23. The van der Waals surface area contributed by atoms with Gasteiger partial charge in [0.2, 0.25) is 5.78 Å². The molecule has 7 heteroatoms. The first-order chi connectivity index (χ1) is 12.3. The minimum atomic E-state index is -0.199. The molecule has 0 radical (unpaired) electrons. The van der Waals surface area contributed by atoms with E-state index in [1.807, 2.05) is 13.8 Å². The lowest BCUT2D eigenvalue weighted by molar-refractivity contribution is 0.104. The molecule has 3 aromatic rings. The number of ketones is 1. The summed E-state index contributed by atoms with van der Waals surface area (Å²) in [5.74, 6) is 0.263. The summed E-state index contributed by atoms with van der Waals surface area (Å²) in [6.07, 6.45) is 0.627. The van der Waals surface area contributed by atoms with E-state index >= 15 is 0 Å². The van der Waals surface area contributed by atoms with Gasteiger partial charge >= 0.3 is 0 Å². The largest absolute Gasteiger partial charge is 0.397 e. The van der Waals surface area contributed by atoms with Gasteiger partial charge in [0.15, 0.2) is 0 Å². The number of nitrogens with zero attached hydrogens (tertiary/aromatic N) is 2. The third-order valence-corrected chi connectivity index (χ3v) is 5.40. The minimum Gasteiger partial charge on any atom is -0.397 e. The number of halogens is 1. The standard InChI is InChI=1S/C19H17ClN4OS/c1-9(2)7-12-13(8-21)18(23)24-19-14(12)15(22)17(26-19)16(25)10-3-5-11(20)6-4-10/h3-6,9H,7,22H2,1-2H3,(H2,23,24). The molecule has 132 valence electrons. The van der Waals surface area contributed by atoms with Crippen LogP contribution in [0.25, 0.3) is 10.2 Å². The number of hydrogen-bond donors (Lipinski definition) is 2. The van der Waals surface area contributed by atoms with E-state index in [1.54, 1.807) is 24.3 Å². The zero-order valence-electron chi connectivity index (χ0n) is 14.3. The van der Waals surface area contributed by atoms with Crippen molar-refractivity contribution in [2.24, 2.45) is 5.92 Å². The molecule has 0 bridgehead atoms. The minimum absolute atomic E-state index is 0.169. The van der Waals surface area contributed by atoms with Gasteiger partial charge in [-0.3, -0.25) is 4.79 Å². The molecule has 3 rings (SSSR count). The Kier molecular flexibility index (Phi) is 4.86. The predicted octanol–water partition coefficient (Wildman–Crippen LogP) is 4.42. The van der Waals surface area contributed by atoms with Gasteiger partial charge in [0.1, 0.15) is 21.6 Å². The monoisotopic (exact) mass is 384 g/mol. The number of carbonyl (C=O) groups is 1. The van der Waals surface area contributed by atoms with Gasteiger partial charge in [-0.2, -0.15) is 5.26 Å². The lowest BCUT2D eigenvalue weighted by Gasteiger charge is -2.11. The van der Waals surface area contributed by atoms with E-state index < -0.39 is 0 Å². The molecule has 26 heavy (non-hydrogen) atoms. The van der Waals surface area contributed by atoms with Crippen molar-refractivity contribution in [1.82, 2.24) is 4.98 Å². The van der Waals surface area contributed by atoms with Crippen LogP contribution < -0.4 is 11.5 Å². The van der Waals surface area contributed by atoms with Crippen molar-refractivity contribution in [3.05, 3.63) is 50.9 Å². The Morgan fingerprint density at radius 3 is 2.54 bits per heavy atom. The molecule has 0 aliphatic heterocycles. The van der Waals surface area contributed by atoms with Crippen LogP contribution in [0, 0.1) is 17.2 Å². The van der Waals surface area contributed by atoms with Crippen molar-refractivity contribution >= 4 is 50.4 Å². The quantitative estimate of drug-likeness (QED) is 0.648. The van der Waals surface area contributed by atoms with Crippen LogP contribution in [0.2, 0.25) is 5.02 Å². The summed E-state index contributed by atoms with van der Waals surface area (Å²) < 4.78 is 0. The predicted molar refractivity (Wildman–Crippen MR) is 107 cm³/mol. The molecule has 0 aliphatic carbocycles. The van der Waals surface area contributed by atoms with Crippen LogP contribution in [-0.4, -0.2) is 10.8 Å². The van der Waals surface area contributed by atoms with E-state index in [2.05, 4.69) is 11.1 Å². The molecular formula is C19H17ClN4OS. The molecule has 0 saturated carbocycles. The van der Waals surface area contributed by atoms with E-state index in [0.29, 0.717) is 49.3 Å². The van der Waals surface area contributed by atoms with Gasteiger partial charge in [0.25, 0.3) is 0 Å². The maximum atomic E-state index is 12.9. The van der Waals surface area contributed by atoms with Crippen LogP contribution in [0.3, 0.4) is 0 Å². The number of rotatable bonds is 4. The van der Waals surface area contributed by atoms with Crippen molar-refractivity contribution < 1.29 is 4.79 Å². The molecule has 2 aromatic heterocycles. The van der Waals surface area contributed by atoms with E-state index in [1.165, 1.54) is 11.3 Å². The van der Waals surface area contributed by atoms with Gasteiger partial charge in [-0.1, -0.05) is 25.4 Å². The maximum absolute atomic E-state index is 12.9. The van der Waals surface area contributed by atoms with Crippen LogP contribution >= 0.6 is 22.9 Å². The molecule has 0 fully saturated rings. The number of anilines is 2. The van der Waals surface area contributed by atoms with Gasteiger partial charge in [-0.05, 0) is 42.2 Å². The van der Waals surface area contributed by atoms with Crippen LogP contribution in [0.5, 0.6) is 0 Å². The van der Waals surface area contributed by atoms with Crippen LogP contribution in [0.1, 0.15) is 40.2 Å². The molecule has 0 atom stereocenters. The third kappa shape index (κ3) is 3.12. The third-order valence-electron chi connectivity index (χ3n) is 4.05. The summed E-state index contributed by atoms with van der Waals surface area (Å²) in [5.41, 5.74) is 14.2. The van der Waals surface area contributed by atoms with Crippen LogP contribution in [0.4, 0.5) is 11.5 Å². The topological polar surface area (TPSA) is 106 Å². The summed E-state index contributed by atoms with van der Waals surface area (Å²) >= 11 is 7.09. The van der Waals surface area contributed by atoms with Gasteiger partial charge in [-0.25, -0.2) is 4.98 Å². The molecule has 0 aliphatic rings. The number of thiophene rings is 1. The Labute approximate surface area is 160 Å². The van der Waals surface area contributed by atoms with E-state index in [4.69, 9.17) is 23.1 Å². The fourth-order valence-electron chi connectivity index (χ4n) is 2.88. The van der Waals surface area contributed by atoms with Crippen molar-refractivity contribution in [2.45, 2.75) is 20.3 Å². The lowest BCUT2D eigenvalue weighted by Crippen LogP contribution is -2.05. The van der Waals surface area contributed by atoms with Crippen molar-refractivity contribution in [3.8, 4) is 6.07 Å². The number of fused-ring (bicyclic) bond motifs is 1. The number of nitrogens with two attached hydrogens (primary N) is 2. The molecule has 0 spiro atoms. The number of carbonyl (C=O) groups excluding carboxylic acids is 1. The Morgan fingerprint density at radius 2 is 1.96 bits per heavy atom. The summed E-state index contributed by atoms with van der Waals surface area (Å²) in [4.78, 5) is 18.2. The number of benzene rings is 1. The Hall–Kier alpha value is -2.62. The highest BCUT2D eigenvalue weighted by molar-refractivity contribution is 7.21. The molecular weight excluding hydrogens is 368 g/mol. The Balaban J connectivity index is 2.24. The van der Waals surface area contributed by atoms with E-state index in [0.717, 1.165) is 5.56 Å². The molecule has 2 heterocycles. The van der Waals surface area contributed by atoms with Crippen molar-refractivity contribution in [1.29, 1.82) is 5.26 Å². The van der Waals surface area contributed by atoms with Gasteiger partial charge < -0.3 is 11.5 Å². The van der Waals surface area contributed by atoms with Gasteiger partial charge in [0.05, 0.1) is 11.3 Å². The highest BCUT2D eigenvalue weighted by atomic mass is 35.5. The highest BCUT2D eigenvalue weighted by Gasteiger charge is 2.24. The van der Waals surface area contributed by atoms with Crippen LogP contribution in [-0.2, 0) is 6.42 Å². The average molecular weight is 385 g/mol. The Morgan fingerprint density at radius 1 is 1.31 bits per heavy atom. The lowest BCUT2D eigenvalue weighted by atomic mass is 9.95. The van der Waals surface area contributed by atoms with Crippen molar-refractivity contribution in [2.75, 3.05) is 11.5 Å². The molecule has 4 N–H and O–H groups in total. The number of pyridine rings is 1. The van der Waals surface area contributed by atoms with Gasteiger partial charge in [-0.15, -0.1) is 11.3 Å². The molecule has 0 unspecified atom stereocenters. The molecule has 0 amide bonds. The smallest absolute Gasteiger partial charge is 0.205 e. The summed E-state index contributed by atoms with van der Waals surface area (Å²) in [7, 11) is 0. The number of aromatic nitrogens is 1. The second-order valence-electron chi connectivity index (χ2n) is 6.42. The average Bonchev–Trinajstić information content (AvgIpc) is 2.91. The zero-order valence-corrected chi connectivity index (χ0v) is 15.9. The summed E-state index contributed by atoms with van der Waals surface area (Å²) in [5, 5.41) is 10.7. The molecule has 5 nitrogen and oxygen atoms in total. The molecule has 0 saturated heterocycles. The fraction of sp³-hybridized carbons (Fsp3) is 0.211. The second kappa shape index (κ2) is 6.94. The number of nitrogen functional groups attached to an aromatic ring is 2. The van der Waals surface area contributed by atoms with E-state index in [-0.39, 0.29) is 11.6 Å². The van der Waals surface area contributed by atoms with Crippen molar-refractivity contribution in [3.63, 3.8) is 0 Å². The second-order valence-corrected chi connectivity index (χ2v) is 7.86. The first-order valence-electron chi connectivity index (χ1n) is 8.04. The normalized spacial score (nSPS) is 11.0. The Bertz CT molecular complexity index is 1050.